The Kier molecular flexibility index (Phi) is 7.79. The summed E-state index contributed by atoms with van der Waals surface area (Å²) in [4.78, 5) is 14.4. The van der Waals surface area contributed by atoms with Crippen LogP contribution in [0.25, 0.3) is 11.3 Å². The normalized spacial score (nSPS) is 15.4. The van der Waals surface area contributed by atoms with Gasteiger partial charge in [-0.15, -0.1) is 10.2 Å². The van der Waals surface area contributed by atoms with Gasteiger partial charge in [-0.3, -0.25) is 4.79 Å². The number of anilines is 2. The van der Waals surface area contributed by atoms with Gasteiger partial charge in [-0.25, -0.2) is 0 Å². The molecule has 1 aliphatic carbocycles. The summed E-state index contributed by atoms with van der Waals surface area (Å²) >= 11 is 11.9. The molecule has 0 aliphatic heterocycles. The Bertz CT molecular complexity index is 828. The predicted octanol–water partition coefficient (Wildman–Crippen LogP) is 3.38. The Balaban J connectivity index is 0.000000209. The highest BCUT2D eigenvalue weighted by molar-refractivity contribution is 6.43. The molecule has 1 aromatic heterocycles. The number of rotatable bonds is 4. The summed E-state index contributed by atoms with van der Waals surface area (Å²) in [7, 11) is 0. The van der Waals surface area contributed by atoms with Crippen LogP contribution in [0.5, 0.6) is 0 Å². The number of carboxylic acids is 1. The quantitative estimate of drug-likeness (QED) is 0.579. The minimum absolute atomic E-state index is 0.0133. The van der Waals surface area contributed by atoms with Crippen molar-refractivity contribution in [3.8, 4) is 11.3 Å². The highest BCUT2D eigenvalue weighted by atomic mass is 35.5. The van der Waals surface area contributed by atoms with Gasteiger partial charge in [0.15, 0.2) is 5.82 Å². The number of carboxylic acid groups (broad SMARTS) is 1. The third kappa shape index (κ3) is 5.67. The molecule has 2 aromatic rings. The molecular formula is C18H24Cl2N6O2. The van der Waals surface area contributed by atoms with E-state index in [0.29, 0.717) is 27.8 Å². The van der Waals surface area contributed by atoms with Gasteiger partial charge in [0.1, 0.15) is 5.69 Å². The lowest BCUT2D eigenvalue weighted by Crippen LogP contribution is -2.34. The second-order valence-corrected chi connectivity index (χ2v) is 7.63. The molecule has 1 fully saturated rings. The van der Waals surface area contributed by atoms with Crippen LogP contribution in [0.3, 0.4) is 0 Å². The van der Waals surface area contributed by atoms with Gasteiger partial charge in [-0.1, -0.05) is 54.6 Å². The van der Waals surface area contributed by atoms with E-state index in [9.17, 15) is 4.79 Å². The molecular weight excluding hydrogens is 403 g/mol. The molecule has 10 heteroatoms. The second-order valence-electron chi connectivity index (χ2n) is 6.84. The van der Waals surface area contributed by atoms with Crippen LogP contribution in [0, 0.1) is 5.41 Å². The number of carbonyl (C=O) groups is 1. The molecule has 0 bridgehead atoms. The van der Waals surface area contributed by atoms with Crippen LogP contribution in [0.15, 0.2) is 18.2 Å². The zero-order valence-electron chi connectivity index (χ0n) is 15.4. The van der Waals surface area contributed by atoms with Crippen LogP contribution in [0.4, 0.5) is 11.8 Å². The molecule has 0 saturated heterocycles. The van der Waals surface area contributed by atoms with Crippen molar-refractivity contribution in [2.75, 3.05) is 18.0 Å². The van der Waals surface area contributed by atoms with E-state index in [-0.39, 0.29) is 23.6 Å². The molecule has 0 amide bonds. The maximum Gasteiger partial charge on any atom is 0.303 e. The molecule has 7 N–H and O–H groups in total. The van der Waals surface area contributed by atoms with Gasteiger partial charge in [0.05, 0.1) is 16.5 Å². The SMILES string of the molecule is NCC1(CC(=O)O)CCCCC1.Nc1nnc(-c2cccc(Cl)c2Cl)c(N)n1. The van der Waals surface area contributed by atoms with Gasteiger partial charge in [-0.05, 0) is 30.9 Å². The zero-order chi connectivity index (χ0) is 20.7. The summed E-state index contributed by atoms with van der Waals surface area (Å²) in [6, 6.07) is 5.13. The summed E-state index contributed by atoms with van der Waals surface area (Å²) in [6.07, 6.45) is 5.77. The Labute approximate surface area is 173 Å². The summed E-state index contributed by atoms with van der Waals surface area (Å²) in [6.45, 7) is 0.527. The Morgan fingerprint density at radius 2 is 1.82 bits per heavy atom. The lowest BCUT2D eigenvalue weighted by Gasteiger charge is -2.34. The first kappa shape index (κ1) is 22.1. The van der Waals surface area contributed by atoms with E-state index < -0.39 is 5.97 Å². The smallest absolute Gasteiger partial charge is 0.303 e. The molecule has 0 radical (unpaired) electrons. The molecule has 0 atom stereocenters. The lowest BCUT2D eigenvalue weighted by atomic mass is 9.72. The van der Waals surface area contributed by atoms with E-state index >= 15 is 0 Å². The summed E-state index contributed by atoms with van der Waals surface area (Å²) in [5, 5.41) is 16.9. The predicted molar refractivity (Wildman–Crippen MR) is 111 cm³/mol. The standard InChI is InChI=1S/C9H7Cl2N5.C9H17NO2/c10-5-3-1-2-4(6(5)11)7-8(12)14-9(13)16-15-7;10-7-9(6-8(11)12)4-2-1-3-5-9/h1-3H,(H4,12,13,14,16);1-7,10H2,(H,11,12). The van der Waals surface area contributed by atoms with Crippen LogP contribution in [0.1, 0.15) is 38.5 Å². The van der Waals surface area contributed by atoms with E-state index in [1.807, 2.05) is 0 Å². The number of aromatic nitrogens is 3. The molecule has 3 rings (SSSR count). The van der Waals surface area contributed by atoms with Crippen molar-refractivity contribution in [2.45, 2.75) is 38.5 Å². The number of benzene rings is 1. The molecule has 28 heavy (non-hydrogen) atoms. The van der Waals surface area contributed by atoms with E-state index in [4.69, 9.17) is 45.5 Å². The average molecular weight is 427 g/mol. The number of nitrogens with zero attached hydrogens (tertiary/aromatic N) is 3. The van der Waals surface area contributed by atoms with Crippen LogP contribution in [-0.2, 0) is 4.79 Å². The van der Waals surface area contributed by atoms with Gasteiger partial charge >= 0.3 is 5.97 Å². The zero-order valence-corrected chi connectivity index (χ0v) is 16.9. The van der Waals surface area contributed by atoms with Crippen molar-refractivity contribution in [1.29, 1.82) is 0 Å². The molecule has 1 heterocycles. The minimum atomic E-state index is -0.706. The molecule has 152 valence electrons. The highest BCUT2D eigenvalue weighted by Crippen LogP contribution is 2.38. The number of nitrogen functional groups attached to an aromatic ring is 2. The minimum Gasteiger partial charge on any atom is -0.481 e. The van der Waals surface area contributed by atoms with Crippen LogP contribution < -0.4 is 17.2 Å². The van der Waals surface area contributed by atoms with Crippen LogP contribution >= 0.6 is 23.2 Å². The fraction of sp³-hybridized carbons (Fsp3) is 0.444. The third-order valence-electron chi connectivity index (χ3n) is 4.81. The first-order valence-electron chi connectivity index (χ1n) is 8.90. The lowest BCUT2D eigenvalue weighted by molar-refractivity contribution is -0.140. The van der Waals surface area contributed by atoms with Crippen molar-refractivity contribution >= 4 is 40.9 Å². The van der Waals surface area contributed by atoms with E-state index in [1.54, 1.807) is 18.2 Å². The number of nitrogens with two attached hydrogens (primary N) is 3. The number of halogens is 2. The molecule has 8 nitrogen and oxygen atoms in total. The summed E-state index contributed by atoms with van der Waals surface area (Å²) in [5.41, 5.74) is 17.5. The topological polar surface area (TPSA) is 154 Å². The van der Waals surface area contributed by atoms with Crippen molar-refractivity contribution < 1.29 is 9.90 Å². The Hall–Kier alpha value is -2.16. The Morgan fingerprint density at radius 1 is 1.14 bits per heavy atom. The molecule has 1 aromatic carbocycles. The first-order chi connectivity index (χ1) is 13.3. The van der Waals surface area contributed by atoms with E-state index in [0.717, 1.165) is 25.7 Å². The largest absolute Gasteiger partial charge is 0.481 e. The molecule has 0 spiro atoms. The maximum absolute atomic E-state index is 10.6. The van der Waals surface area contributed by atoms with Gasteiger partial charge in [0.25, 0.3) is 0 Å². The molecule has 0 unspecified atom stereocenters. The van der Waals surface area contributed by atoms with Crippen LogP contribution in [-0.4, -0.2) is 32.8 Å². The van der Waals surface area contributed by atoms with Gasteiger partial charge < -0.3 is 22.3 Å². The second kappa shape index (κ2) is 9.86. The van der Waals surface area contributed by atoms with Gasteiger partial charge in [0.2, 0.25) is 5.95 Å². The molecule has 1 saturated carbocycles. The summed E-state index contributed by atoms with van der Waals surface area (Å²) < 4.78 is 0. The number of hydrogen-bond acceptors (Lipinski definition) is 7. The van der Waals surface area contributed by atoms with Crippen LogP contribution in [0.2, 0.25) is 10.0 Å². The number of hydrogen-bond donors (Lipinski definition) is 4. The third-order valence-corrected chi connectivity index (χ3v) is 5.63. The fourth-order valence-electron chi connectivity index (χ4n) is 3.31. The Morgan fingerprint density at radius 3 is 2.39 bits per heavy atom. The van der Waals surface area contributed by atoms with Crippen molar-refractivity contribution in [3.05, 3.63) is 28.2 Å². The summed E-state index contributed by atoms with van der Waals surface area (Å²) in [5.74, 6) is -0.529. The highest BCUT2D eigenvalue weighted by Gasteiger charge is 2.32. The van der Waals surface area contributed by atoms with Crippen molar-refractivity contribution in [1.82, 2.24) is 15.2 Å². The van der Waals surface area contributed by atoms with E-state index in [2.05, 4.69) is 15.2 Å². The average Bonchev–Trinajstić information content (AvgIpc) is 2.65. The number of aliphatic carboxylic acids is 1. The van der Waals surface area contributed by atoms with E-state index in [1.165, 1.54) is 6.42 Å². The first-order valence-corrected chi connectivity index (χ1v) is 9.65. The van der Waals surface area contributed by atoms with Crippen molar-refractivity contribution in [2.24, 2.45) is 11.1 Å². The van der Waals surface area contributed by atoms with Gasteiger partial charge in [0, 0.05) is 5.56 Å². The maximum atomic E-state index is 10.6. The van der Waals surface area contributed by atoms with Crippen molar-refractivity contribution in [3.63, 3.8) is 0 Å². The van der Waals surface area contributed by atoms with Gasteiger partial charge in [-0.2, -0.15) is 4.98 Å². The fourth-order valence-corrected chi connectivity index (χ4v) is 3.70. The molecule has 1 aliphatic rings. The monoisotopic (exact) mass is 426 g/mol.